The summed E-state index contributed by atoms with van der Waals surface area (Å²) in [7, 11) is 0. The lowest BCUT2D eigenvalue weighted by atomic mass is 9.90. The van der Waals surface area contributed by atoms with E-state index in [1.165, 1.54) is 60.1 Å². The van der Waals surface area contributed by atoms with Crippen LogP contribution in [0.25, 0.3) is 87.9 Å². The average Bonchev–Trinajstić information content (AvgIpc) is 3.14. The largest absolute Gasteiger partial charge is 0.263 e. The third-order valence-corrected chi connectivity index (χ3v) is 9.16. The Labute approximate surface area is 267 Å². The molecule has 0 spiro atoms. The van der Waals surface area contributed by atoms with E-state index in [0.717, 1.165) is 27.7 Å². The van der Waals surface area contributed by atoms with E-state index >= 15 is 0 Å². The predicted molar refractivity (Wildman–Crippen MR) is 194 cm³/mol. The molecule has 0 aliphatic carbocycles. The summed E-state index contributed by atoms with van der Waals surface area (Å²) in [5.74, 6) is 0. The van der Waals surface area contributed by atoms with Crippen molar-refractivity contribution in [2.45, 2.75) is 0 Å². The van der Waals surface area contributed by atoms with E-state index in [1.807, 2.05) is 12.4 Å². The second kappa shape index (κ2) is 10.8. The smallest absolute Gasteiger partial charge is 0.0722 e. The number of pyridine rings is 2. The summed E-state index contributed by atoms with van der Waals surface area (Å²) in [6, 6.07) is 56.3. The van der Waals surface area contributed by atoms with Crippen molar-refractivity contribution in [3.63, 3.8) is 0 Å². The first kappa shape index (κ1) is 26.3. The van der Waals surface area contributed by atoms with E-state index in [4.69, 9.17) is 4.98 Å². The molecule has 46 heavy (non-hydrogen) atoms. The minimum atomic E-state index is 0.969. The van der Waals surface area contributed by atoms with Crippen molar-refractivity contribution in [3.8, 4) is 44.6 Å². The second-order valence-corrected chi connectivity index (χ2v) is 11.8. The van der Waals surface area contributed by atoms with Crippen molar-refractivity contribution in [3.05, 3.63) is 170 Å². The van der Waals surface area contributed by atoms with Crippen LogP contribution in [0.4, 0.5) is 0 Å². The van der Waals surface area contributed by atoms with Crippen molar-refractivity contribution in [2.75, 3.05) is 0 Å². The molecule has 0 saturated heterocycles. The zero-order chi connectivity index (χ0) is 30.5. The number of fused-ring (bicyclic) bond motifs is 5. The molecule has 0 atom stereocenters. The van der Waals surface area contributed by atoms with Crippen molar-refractivity contribution in [1.29, 1.82) is 0 Å². The van der Waals surface area contributed by atoms with Crippen LogP contribution in [0.5, 0.6) is 0 Å². The van der Waals surface area contributed by atoms with Crippen LogP contribution in [0.15, 0.2) is 170 Å². The molecule has 9 rings (SSSR count). The fourth-order valence-electron chi connectivity index (χ4n) is 6.94. The number of rotatable bonds is 4. The van der Waals surface area contributed by atoms with Crippen molar-refractivity contribution in [2.24, 2.45) is 0 Å². The Morgan fingerprint density at radius 2 is 0.957 bits per heavy atom. The van der Waals surface area contributed by atoms with Crippen molar-refractivity contribution < 1.29 is 0 Å². The van der Waals surface area contributed by atoms with Crippen molar-refractivity contribution in [1.82, 2.24) is 9.97 Å². The third-order valence-electron chi connectivity index (χ3n) is 9.16. The predicted octanol–water partition coefficient (Wildman–Crippen LogP) is 11.8. The molecule has 0 amide bonds. The Morgan fingerprint density at radius 1 is 0.348 bits per heavy atom. The SMILES string of the molecule is c1ccc(-c2cc(-c3ccc(-c4ccc(-c5cncc6ccccc56)c5ccccc45)cc3)nc3ccc4ccccc4c23)cc1. The summed E-state index contributed by atoms with van der Waals surface area (Å²) >= 11 is 0. The molecule has 0 radical (unpaired) electrons. The van der Waals surface area contributed by atoms with Crippen LogP contribution < -0.4 is 0 Å². The first-order valence-electron chi connectivity index (χ1n) is 15.7. The Balaban J connectivity index is 1.17. The number of hydrogen-bond donors (Lipinski definition) is 0. The maximum absolute atomic E-state index is 5.20. The highest BCUT2D eigenvalue weighted by Crippen LogP contribution is 2.40. The Morgan fingerprint density at radius 3 is 1.76 bits per heavy atom. The van der Waals surface area contributed by atoms with E-state index in [1.54, 1.807) is 0 Å². The molecule has 2 nitrogen and oxygen atoms in total. The minimum Gasteiger partial charge on any atom is -0.263 e. The van der Waals surface area contributed by atoms with Crippen LogP contribution in [0, 0.1) is 0 Å². The summed E-state index contributed by atoms with van der Waals surface area (Å²) in [5.41, 5.74) is 10.2. The molecule has 214 valence electrons. The first-order chi connectivity index (χ1) is 22.8. The lowest BCUT2D eigenvalue weighted by molar-refractivity contribution is 1.36. The summed E-state index contributed by atoms with van der Waals surface area (Å²) in [6.07, 6.45) is 3.92. The van der Waals surface area contributed by atoms with Gasteiger partial charge in [0.15, 0.2) is 0 Å². The van der Waals surface area contributed by atoms with Crippen LogP contribution in [0.1, 0.15) is 0 Å². The van der Waals surface area contributed by atoms with Gasteiger partial charge in [-0.3, -0.25) is 4.98 Å². The van der Waals surface area contributed by atoms with Gasteiger partial charge in [0.05, 0.1) is 11.2 Å². The molecule has 0 unspecified atom stereocenters. The standard InChI is InChI=1S/C44H28N2/c1-2-10-29(11-3-1)40-26-43(46-42-25-22-30-12-4-7-15-36(30)44(40)42)32-20-18-31(19-21-32)35-23-24-39(38-17-9-8-16-37(35)38)41-28-45-27-33-13-5-6-14-34(33)41/h1-28H. The quantitative estimate of drug-likeness (QED) is 0.192. The molecule has 7 aromatic carbocycles. The zero-order valence-electron chi connectivity index (χ0n) is 25.1. The molecule has 0 saturated carbocycles. The summed E-state index contributed by atoms with van der Waals surface area (Å²) in [6.45, 7) is 0. The van der Waals surface area contributed by atoms with Crippen molar-refractivity contribution >= 4 is 43.2 Å². The summed E-state index contributed by atoms with van der Waals surface area (Å²) in [4.78, 5) is 9.77. The topological polar surface area (TPSA) is 25.8 Å². The second-order valence-electron chi connectivity index (χ2n) is 11.8. The highest BCUT2D eigenvalue weighted by molar-refractivity contribution is 6.14. The molecule has 0 N–H and O–H groups in total. The van der Waals surface area contributed by atoms with Gasteiger partial charge in [-0.05, 0) is 66.9 Å². The number of nitrogens with zero attached hydrogens (tertiary/aromatic N) is 2. The highest BCUT2D eigenvalue weighted by Gasteiger charge is 2.15. The van der Waals surface area contributed by atoms with Gasteiger partial charge < -0.3 is 0 Å². The Bertz CT molecular complexity index is 2560. The molecule has 2 heterocycles. The Kier molecular flexibility index (Phi) is 6.17. The number of aromatic nitrogens is 2. The fraction of sp³-hybridized carbons (Fsp3) is 0. The molecule has 2 aromatic heterocycles. The molecule has 2 heteroatoms. The molecular weight excluding hydrogens is 556 g/mol. The number of benzene rings is 7. The van der Waals surface area contributed by atoms with E-state index in [0.29, 0.717) is 0 Å². The maximum atomic E-state index is 5.20. The normalized spacial score (nSPS) is 11.5. The molecule has 0 aliphatic rings. The molecule has 0 fully saturated rings. The third kappa shape index (κ3) is 4.35. The Hall–Kier alpha value is -6.12. The van der Waals surface area contributed by atoms with Crippen LogP contribution >= 0.6 is 0 Å². The molecule has 0 bridgehead atoms. The van der Waals surface area contributed by atoms with Gasteiger partial charge in [-0.15, -0.1) is 0 Å². The lowest BCUT2D eigenvalue weighted by Gasteiger charge is -2.15. The molecule has 9 aromatic rings. The molecular formula is C44H28N2. The van der Waals surface area contributed by atoms with Crippen LogP contribution in [-0.4, -0.2) is 9.97 Å². The van der Waals surface area contributed by atoms with Crippen LogP contribution in [0.3, 0.4) is 0 Å². The van der Waals surface area contributed by atoms with Gasteiger partial charge >= 0.3 is 0 Å². The summed E-state index contributed by atoms with van der Waals surface area (Å²) < 4.78 is 0. The lowest BCUT2D eigenvalue weighted by Crippen LogP contribution is -1.92. The average molecular weight is 585 g/mol. The van der Waals surface area contributed by atoms with Gasteiger partial charge in [-0.1, -0.05) is 146 Å². The van der Waals surface area contributed by atoms with E-state index < -0.39 is 0 Å². The zero-order valence-corrected chi connectivity index (χ0v) is 25.1. The molecule has 0 aliphatic heterocycles. The van der Waals surface area contributed by atoms with E-state index in [-0.39, 0.29) is 0 Å². The van der Waals surface area contributed by atoms with Gasteiger partial charge in [0.25, 0.3) is 0 Å². The summed E-state index contributed by atoms with van der Waals surface area (Å²) in [5, 5.41) is 8.45. The van der Waals surface area contributed by atoms with Gasteiger partial charge in [0, 0.05) is 34.3 Å². The van der Waals surface area contributed by atoms with Gasteiger partial charge in [0.2, 0.25) is 0 Å². The number of hydrogen-bond acceptors (Lipinski definition) is 2. The van der Waals surface area contributed by atoms with Crippen LogP contribution in [0.2, 0.25) is 0 Å². The van der Waals surface area contributed by atoms with Gasteiger partial charge in [-0.25, -0.2) is 4.98 Å². The van der Waals surface area contributed by atoms with Crippen LogP contribution in [-0.2, 0) is 0 Å². The fourth-order valence-corrected chi connectivity index (χ4v) is 6.94. The minimum absolute atomic E-state index is 0.969. The van der Waals surface area contributed by atoms with Gasteiger partial charge in [0.1, 0.15) is 0 Å². The van der Waals surface area contributed by atoms with E-state index in [2.05, 4.69) is 163 Å². The maximum Gasteiger partial charge on any atom is 0.0722 e. The van der Waals surface area contributed by atoms with Gasteiger partial charge in [-0.2, -0.15) is 0 Å². The monoisotopic (exact) mass is 584 g/mol. The highest BCUT2D eigenvalue weighted by atomic mass is 14.7. The first-order valence-corrected chi connectivity index (χ1v) is 15.7. The van der Waals surface area contributed by atoms with E-state index in [9.17, 15) is 0 Å².